The maximum absolute atomic E-state index is 11.3. The predicted octanol–water partition coefficient (Wildman–Crippen LogP) is 0.624. The number of hydrogen-bond donors (Lipinski definition) is 0. The van der Waals surface area contributed by atoms with Gasteiger partial charge in [-0.3, -0.25) is 0 Å². The molecule has 23 heavy (non-hydrogen) atoms. The van der Waals surface area contributed by atoms with Gasteiger partial charge in [-0.1, -0.05) is 34.8 Å². The Hall–Kier alpha value is -0.880. The Kier molecular flexibility index (Phi) is 5.89. The van der Waals surface area contributed by atoms with Crippen LogP contribution in [0.2, 0.25) is 15.1 Å². The van der Waals surface area contributed by atoms with Gasteiger partial charge in [0.05, 0.1) is 27.2 Å². The molecule has 0 radical (unpaired) electrons. The quantitative estimate of drug-likeness (QED) is 0.616. The molecule has 0 atom stereocenters. The normalized spacial score (nSPS) is 10.4. The van der Waals surface area contributed by atoms with Crippen molar-refractivity contribution in [3.8, 4) is 11.4 Å². The summed E-state index contributed by atoms with van der Waals surface area (Å²) in [4.78, 5) is 19.7. The number of halogens is 3. The van der Waals surface area contributed by atoms with Gasteiger partial charge < -0.3 is 9.90 Å². The van der Waals surface area contributed by atoms with Crippen LogP contribution in [0.1, 0.15) is 10.5 Å². The van der Waals surface area contributed by atoms with E-state index < -0.39 is 5.97 Å². The molecule has 4 nitrogen and oxygen atoms in total. The Morgan fingerprint density at radius 3 is 2.35 bits per heavy atom. The van der Waals surface area contributed by atoms with E-state index in [1.54, 1.807) is 30.3 Å². The maximum Gasteiger partial charge on any atom is 1.00 e. The topological polar surface area (TPSA) is 65.9 Å². The summed E-state index contributed by atoms with van der Waals surface area (Å²) in [6.07, 6.45) is 0. The fraction of sp³-hybridized carbons (Fsp3) is 0. The molecule has 0 bridgehead atoms. The Labute approximate surface area is 168 Å². The molecular formula is C15H6Cl3N2NaO2. The van der Waals surface area contributed by atoms with Crippen molar-refractivity contribution in [2.24, 2.45) is 0 Å². The van der Waals surface area contributed by atoms with Gasteiger partial charge in [-0.2, -0.15) is 0 Å². The number of rotatable bonds is 2. The summed E-state index contributed by atoms with van der Waals surface area (Å²) in [6.45, 7) is 0. The minimum Gasteiger partial charge on any atom is -0.543 e. The molecule has 0 amide bonds. The van der Waals surface area contributed by atoms with Crippen molar-refractivity contribution < 1.29 is 39.5 Å². The number of fused-ring (bicyclic) bond motifs is 1. The molecule has 0 fully saturated rings. The van der Waals surface area contributed by atoms with E-state index in [1.165, 1.54) is 6.07 Å². The van der Waals surface area contributed by atoms with Crippen LogP contribution in [-0.4, -0.2) is 15.9 Å². The molecule has 0 spiro atoms. The minimum atomic E-state index is -1.41. The first-order valence-electron chi connectivity index (χ1n) is 6.10. The third-order valence-corrected chi connectivity index (χ3v) is 4.00. The second-order valence-electron chi connectivity index (χ2n) is 4.47. The smallest absolute Gasteiger partial charge is 0.543 e. The first-order chi connectivity index (χ1) is 10.5. The predicted molar refractivity (Wildman–Crippen MR) is 84.3 cm³/mol. The van der Waals surface area contributed by atoms with Gasteiger partial charge in [-0.15, -0.1) is 0 Å². The van der Waals surface area contributed by atoms with Gasteiger partial charge in [0, 0.05) is 16.0 Å². The zero-order valence-electron chi connectivity index (χ0n) is 11.8. The van der Waals surface area contributed by atoms with Crippen LogP contribution in [0.3, 0.4) is 0 Å². The zero-order chi connectivity index (χ0) is 15.9. The number of aromatic nitrogens is 2. The van der Waals surface area contributed by atoms with Crippen LogP contribution in [0.15, 0.2) is 36.4 Å². The van der Waals surface area contributed by atoms with E-state index in [2.05, 4.69) is 9.97 Å². The number of carbonyl (C=O) groups is 1. The van der Waals surface area contributed by atoms with E-state index in [0.29, 0.717) is 31.5 Å². The molecule has 3 aromatic rings. The van der Waals surface area contributed by atoms with Crippen molar-refractivity contribution in [1.82, 2.24) is 9.97 Å². The fourth-order valence-electron chi connectivity index (χ4n) is 2.02. The first-order valence-corrected chi connectivity index (χ1v) is 7.23. The summed E-state index contributed by atoms with van der Waals surface area (Å²) in [5, 5.41) is 12.8. The summed E-state index contributed by atoms with van der Waals surface area (Å²) in [7, 11) is 0. The van der Waals surface area contributed by atoms with Gasteiger partial charge in [0.1, 0.15) is 0 Å². The Balaban J connectivity index is 0.00000192. The molecule has 0 N–H and O–H groups in total. The van der Waals surface area contributed by atoms with Crippen LogP contribution in [0.4, 0.5) is 0 Å². The SMILES string of the molecule is O=C([O-])c1nc(-c2ccc(Cl)c(Cl)c2)nc2ccc(Cl)cc12.[Na+]. The molecular weight excluding hydrogens is 370 g/mol. The number of nitrogens with zero attached hydrogens (tertiary/aromatic N) is 2. The number of carboxylic acids is 1. The molecule has 0 unspecified atom stereocenters. The molecule has 110 valence electrons. The number of aromatic carboxylic acids is 1. The third kappa shape index (κ3) is 3.79. The van der Waals surface area contributed by atoms with E-state index in [0.717, 1.165) is 0 Å². The van der Waals surface area contributed by atoms with Gasteiger partial charge in [-0.05, 0) is 36.4 Å². The minimum absolute atomic E-state index is 0. The van der Waals surface area contributed by atoms with Crippen LogP contribution in [0, 0.1) is 0 Å². The van der Waals surface area contributed by atoms with E-state index in [1.807, 2.05) is 0 Å². The Morgan fingerprint density at radius 2 is 1.70 bits per heavy atom. The van der Waals surface area contributed by atoms with E-state index in [-0.39, 0.29) is 41.1 Å². The fourth-order valence-corrected chi connectivity index (χ4v) is 2.49. The standard InChI is InChI=1S/C15H7Cl3N2O2.Na/c16-8-2-4-12-9(6-8)13(15(21)22)20-14(19-12)7-1-3-10(17)11(18)5-7;/h1-6H,(H,21,22);/q;+1/p-1. The van der Waals surface area contributed by atoms with Crippen molar-refractivity contribution >= 4 is 51.7 Å². The van der Waals surface area contributed by atoms with Gasteiger partial charge in [0.25, 0.3) is 0 Å². The zero-order valence-corrected chi connectivity index (χ0v) is 16.1. The molecule has 0 saturated carbocycles. The van der Waals surface area contributed by atoms with Crippen LogP contribution in [0.5, 0.6) is 0 Å². The van der Waals surface area contributed by atoms with Gasteiger partial charge in [0.2, 0.25) is 0 Å². The number of hydrogen-bond acceptors (Lipinski definition) is 4. The Bertz CT molecular complexity index is 919. The molecule has 0 aliphatic carbocycles. The summed E-state index contributed by atoms with van der Waals surface area (Å²) < 4.78 is 0. The van der Waals surface area contributed by atoms with Crippen molar-refractivity contribution in [2.75, 3.05) is 0 Å². The molecule has 1 heterocycles. The average Bonchev–Trinajstić information content (AvgIpc) is 2.48. The van der Waals surface area contributed by atoms with E-state index in [4.69, 9.17) is 34.8 Å². The summed E-state index contributed by atoms with van der Waals surface area (Å²) >= 11 is 17.7. The molecule has 0 aliphatic rings. The summed E-state index contributed by atoms with van der Waals surface area (Å²) in [6, 6.07) is 9.54. The second kappa shape index (κ2) is 7.34. The molecule has 2 aromatic carbocycles. The molecule has 0 saturated heterocycles. The monoisotopic (exact) mass is 374 g/mol. The van der Waals surface area contributed by atoms with Gasteiger partial charge in [-0.25, -0.2) is 9.97 Å². The molecule has 8 heteroatoms. The van der Waals surface area contributed by atoms with Crippen LogP contribution < -0.4 is 34.7 Å². The van der Waals surface area contributed by atoms with Gasteiger partial charge >= 0.3 is 29.6 Å². The van der Waals surface area contributed by atoms with Crippen molar-refractivity contribution in [3.63, 3.8) is 0 Å². The van der Waals surface area contributed by atoms with Crippen LogP contribution in [0.25, 0.3) is 22.3 Å². The van der Waals surface area contributed by atoms with Crippen molar-refractivity contribution in [1.29, 1.82) is 0 Å². The molecule has 0 aliphatic heterocycles. The number of carboxylic acid groups (broad SMARTS) is 1. The van der Waals surface area contributed by atoms with Crippen molar-refractivity contribution in [3.05, 3.63) is 57.2 Å². The third-order valence-electron chi connectivity index (χ3n) is 3.03. The van der Waals surface area contributed by atoms with Crippen molar-refractivity contribution in [2.45, 2.75) is 0 Å². The number of carbonyl (C=O) groups excluding carboxylic acids is 1. The van der Waals surface area contributed by atoms with E-state index >= 15 is 0 Å². The largest absolute Gasteiger partial charge is 1.00 e. The molecule has 3 rings (SSSR count). The maximum atomic E-state index is 11.3. The van der Waals surface area contributed by atoms with Crippen LogP contribution >= 0.6 is 34.8 Å². The van der Waals surface area contributed by atoms with Gasteiger partial charge in [0.15, 0.2) is 5.82 Å². The summed E-state index contributed by atoms with van der Waals surface area (Å²) in [5.41, 5.74) is 0.766. The Morgan fingerprint density at radius 1 is 0.957 bits per heavy atom. The van der Waals surface area contributed by atoms with Crippen LogP contribution in [-0.2, 0) is 0 Å². The average molecular weight is 376 g/mol. The van der Waals surface area contributed by atoms with E-state index in [9.17, 15) is 9.90 Å². The molecule has 1 aromatic heterocycles. The summed E-state index contributed by atoms with van der Waals surface area (Å²) in [5.74, 6) is -1.19. The number of benzene rings is 2. The first kappa shape index (κ1) is 18.5. The second-order valence-corrected chi connectivity index (χ2v) is 5.72.